The Bertz CT molecular complexity index is 1090. The molecule has 0 saturated heterocycles. The van der Waals surface area contributed by atoms with Crippen LogP contribution < -0.4 is 20.3 Å². The molecule has 0 aliphatic heterocycles. The number of aromatic nitrogens is 1. The van der Waals surface area contributed by atoms with Crippen LogP contribution in [0.1, 0.15) is 15.9 Å². The standard InChI is InChI=1S/C24H23N3O4/c1-3-16-31-21-12-10-18(17-22(21)30-2)11-13-23(28)25-26-24(29)19-8-4-5-9-20(19)27-14-6-7-15-27/h3-15,17H,1,16H2,2H3,(H,25,28)(H,26,29)/b13-11+. The van der Waals surface area contributed by atoms with Gasteiger partial charge in [0.25, 0.3) is 11.8 Å². The minimum absolute atomic E-state index is 0.362. The molecule has 7 nitrogen and oxygen atoms in total. The molecule has 0 aliphatic carbocycles. The maximum atomic E-state index is 12.5. The Hall–Kier alpha value is -4.26. The predicted octanol–water partition coefficient (Wildman–Crippen LogP) is 3.53. The molecule has 1 heterocycles. The first-order chi connectivity index (χ1) is 15.1. The predicted molar refractivity (Wildman–Crippen MR) is 119 cm³/mol. The van der Waals surface area contributed by atoms with Crippen LogP contribution in [0.15, 0.2) is 85.7 Å². The molecule has 1 aromatic heterocycles. The summed E-state index contributed by atoms with van der Waals surface area (Å²) in [7, 11) is 1.54. The van der Waals surface area contributed by atoms with Crippen LogP contribution in [0.5, 0.6) is 11.5 Å². The van der Waals surface area contributed by atoms with E-state index in [1.54, 1.807) is 42.5 Å². The second kappa shape index (κ2) is 10.5. The van der Waals surface area contributed by atoms with Gasteiger partial charge in [0.05, 0.1) is 18.4 Å². The van der Waals surface area contributed by atoms with Gasteiger partial charge in [-0.05, 0) is 48.0 Å². The largest absolute Gasteiger partial charge is 0.493 e. The number of ether oxygens (including phenoxy) is 2. The van der Waals surface area contributed by atoms with Crippen molar-refractivity contribution in [1.29, 1.82) is 0 Å². The molecule has 7 heteroatoms. The Kier molecular flexibility index (Phi) is 7.26. The second-order valence-corrected chi connectivity index (χ2v) is 6.39. The molecule has 0 bridgehead atoms. The molecule has 0 radical (unpaired) electrons. The fraction of sp³-hybridized carbons (Fsp3) is 0.0833. The number of methoxy groups -OCH3 is 1. The van der Waals surface area contributed by atoms with Crippen LogP contribution in [0.4, 0.5) is 0 Å². The molecule has 31 heavy (non-hydrogen) atoms. The molecule has 3 rings (SSSR count). The highest BCUT2D eigenvalue weighted by atomic mass is 16.5. The first-order valence-electron chi connectivity index (χ1n) is 9.55. The van der Waals surface area contributed by atoms with Crippen LogP contribution in [-0.2, 0) is 4.79 Å². The zero-order chi connectivity index (χ0) is 22.1. The van der Waals surface area contributed by atoms with Crippen molar-refractivity contribution >= 4 is 17.9 Å². The van der Waals surface area contributed by atoms with Crippen molar-refractivity contribution in [3.8, 4) is 17.2 Å². The molecule has 158 valence electrons. The lowest BCUT2D eigenvalue weighted by molar-refractivity contribution is -0.117. The van der Waals surface area contributed by atoms with Crippen molar-refractivity contribution in [2.45, 2.75) is 0 Å². The normalized spacial score (nSPS) is 10.5. The van der Waals surface area contributed by atoms with Crippen molar-refractivity contribution in [1.82, 2.24) is 15.4 Å². The van der Waals surface area contributed by atoms with E-state index in [1.165, 1.54) is 13.2 Å². The Morgan fingerprint density at radius 3 is 2.55 bits per heavy atom. The van der Waals surface area contributed by atoms with Crippen LogP contribution >= 0.6 is 0 Å². The number of rotatable bonds is 8. The summed E-state index contributed by atoms with van der Waals surface area (Å²) in [6.45, 7) is 3.97. The molecule has 2 aromatic carbocycles. The van der Waals surface area contributed by atoms with E-state index in [2.05, 4.69) is 17.4 Å². The highest BCUT2D eigenvalue weighted by Crippen LogP contribution is 2.28. The van der Waals surface area contributed by atoms with Gasteiger partial charge in [0.2, 0.25) is 0 Å². The minimum atomic E-state index is -0.474. The Morgan fingerprint density at radius 2 is 1.81 bits per heavy atom. The summed E-state index contributed by atoms with van der Waals surface area (Å²) >= 11 is 0. The second-order valence-electron chi connectivity index (χ2n) is 6.39. The van der Waals surface area contributed by atoms with E-state index in [4.69, 9.17) is 9.47 Å². The van der Waals surface area contributed by atoms with Gasteiger partial charge < -0.3 is 14.0 Å². The van der Waals surface area contributed by atoms with Gasteiger partial charge in [-0.1, -0.05) is 30.9 Å². The number of carbonyl (C=O) groups is 2. The maximum absolute atomic E-state index is 12.5. The highest BCUT2D eigenvalue weighted by Gasteiger charge is 2.12. The average Bonchev–Trinajstić information content (AvgIpc) is 3.35. The zero-order valence-corrected chi connectivity index (χ0v) is 17.1. The monoisotopic (exact) mass is 417 g/mol. The van der Waals surface area contributed by atoms with Crippen molar-refractivity contribution in [3.63, 3.8) is 0 Å². The van der Waals surface area contributed by atoms with Crippen molar-refractivity contribution < 1.29 is 19.1 Å². The first-order valence-corrected chi connectivity index (χ1v) is 9.55. The number of amides is 2. The first kappa shape index (κ1) is 21.4. The number of nitrogens with zero attached hydrogens (tertiary/aromatic N) is 1. The fourth-order valence-corrected chi connectivity index (χ4v) is 2.84. The van der Waals surface area contributed by atoms with E-state index in [0.29, 0.717) is 29.4 Å². The van der Waals surface area contributed by atoms with Gasteiger partial charge >= 0.3 is 0 Å². The molecule has 2 N–H and O–H groups in total. The number of hydrogen-bond acceptors (Lipinski definition) is 4. The molecule has 0 fully saturated rings. The molecular weight excluding hydrogens is 394 g/mol. The lowest BCUT2D eigenvalue weighted by Crippen LogP contribution is -2.41. The molecule has 0 unspecified atom stereocenters. The van der Waals surface area contributed by atoms with E-state index in [-0.39, 0.29) is 0 Å². The Labute approximate surface area is 180 Å². The third-order valence-electron chi connectivity index (χ3n) is 4.30. The molecule has 0 atom stereocenters. The number of hydrogen-bond donors (Lipinski definition) is 2. The van der Waals surface area contributed by atoms with Crippen molar-refractivity contribution in [2.75, 3.05) is 13.7 Å². The van der Waals surface area contributed by atoms with Gasteiger partial charge in [-0.3, -0.25) is 20.4 Å². The molecule has 3 aromatic rings. The summed E-state index contributed by atoms with van der Waals surface area (Å²) in [5.41, 5.74) is 6.71. The smallest absolute Gasteiger partial charge is 0.271 e. The summed E-state index contributed by atoms with van der Waals surface area (Å²) in [6, 6.07) is 16.1. The van der Waals surface area contributed by atoms with Crippen LogP contribution in [0.25, 0.3) is 11.8 Å². The summed E-state index contributed by atoms with van der Waals surface area (Å²) in [6.07, 6.45) is 8.25. The van der Waals surface area contributed by atoms with Gasteiger partial charge in [-0.25, -0.2) is 0 Å². The molecule has 0 saturated carbocycles. The van der Waals surface area contributed by atoms with Crippen LogP contribution in [-0.4, -0.2) is 30.1 Å². The van der Waals surface area contributed by atoms with Crippen molar-refractivity contribution in [3.05, 3.63) is 96.8 Å². The summed E-state index contributed by atoms with van der Waals surface area (Å²) in [5.74, 6) is 0.228. The summed E-state index contributed by atoms with van der Waals surface area (Å²) < 4.78 is 12.6. The third-order valence-corrected chi connectivity index (χ3v) is 4.30. The maximum Gasteiger partial charge on any atom is 0.271 e. The highest BCUT2D eigenvalue weighted by molar-refractivity contribution is 6.00. The molecular formula is C24H23N3O4. The minimum Gasteiger partial charge on any atom is -0.493 e. The SMILES string of the molecule is C=CCOc1ccc(/C=C/C(=O)NNC(=O)c2ccccc2-n2cccc2)cc1OC. The van der Waals surface area contributed by atoms with Gasteiger partial charge in [0, 0.05) is 18.5 Å². The average molecular weight is 417 g/mol. The van der Waals surface area contributed by atoms with Gasteiger partial charge in [0.1, 0.15) is 6.61 Å². The molecule has 0 spiro atoms. The number of benzene rings is 2. The Morgan fingerprint density at radius 1 is 1.03 bits per heavy atom. The quantitative estimate of drug-likeness (QED) is 0.334. The number of para-hydroxylation sites is 1. The topological polar surface area (TPSA) is 81.6 Å². The van der Waals surface area contributed by atoms with Crippen LogP contribution in [0.3, 0.4) is 0 Å². The van der Waals surface area contributed by atoms with Crippen LogP contribution in [0, 0.1) is 0 Å². The van der Waals surface area contributed by atoms with E-state index in [1.807, 2.05) is 41.2 Å². The summed E-state index contributed by atoms with van der Waals surface area (Å²) in [4.78, 5) is 24.7. The van der Waals surface area contributed by atoms with Gasteiger partial charge in [0.15, 0.2) is 11.5 Å². The number of nitrogens with one attached hydrogen (secondary N) is 2. The van der Waals surface area contributed by atoms with Crippen molar-refractivity contribution in [2.24, 2.45) is 0 Å². The lowest BCUT2D eigenvalue weighted by Gasteiger charge is -2.11. The van der Waals surface area contributed by atoms with Crippen LogP contribution in [0.2, 0.25) is 0 Å². The van der Waals surface area contributed by atoms with Gasteiger partial charge in [-0.2, -0.15) is 0 Å². The van der Waals surface area contributed by atoms with E-state index >= 15 is 0 Å². The van der Waals surface area contributed by atoms with E-state index in [0.717, 1.165) is 5.56 Å². The molecule has 2 amide bonds. The number of carbonyl (C=O) groups excluding carboxylic acids is 2. The number of hydrazine groups is 1. The Balaban J connectivity index is 1.61. The van der Waals surface area contributed by atoms with E-state index < -0.39 is 11.8 Å². The van der Waals surface area contributed by atoms with E-state index in [9.17, 15) is 9.59 Å². The lowest BCUT2D eigenvalue weighted by atomic mass is 10.1. The zero-order valence-electron chi connectivity index (χ0n) is 17.1. The molecule has 0 aliphatic rings. The summed E-state index contributed by atoms with van der Waals surface area (Å²) in [5, 5.41) is 0. The fourth-order valence-electron chi connectivity index (χ4n) is 2.84. The third kappa shape index (κ3) is 5.63. The van der Waals surface area contributed by atoms with Gasteiger partial charge in [-0.15, -0.1) is 0 Å².